The first kappa shape index (κ1) is 10.7. The van der Waals surface area contributed by atoms with Gasteiger partial charge < -0.3 is 4.74 Å². The van der Waals surface area contributed by atoms with Crippen molar-refractivity contribution in [2.24, 2.45) is 7.05 Å². The molecule has 2 rings (SSSR count). The fourth-order valence-corrected chi connectivity index (χ4v) is 1.43. The Balaban J connectivity index is 2.32. The predicted octanol–water partition coefficient (Wildman–Crippen LogP) is 2.68. The molecule has 0 aliphatic heterocycles. The Bertz CT molecular complexity index is 522. The van der Waals surface area contributed by atoms with Crippen molar-refractivity contribution >= 4 is 17.9 Å². The van der Waals surface area contributed by atoms with Gasteiger partial charge in [0.05, 0.1) is 18.0 Å². The number of hydrogen-bond acceptors (Lipinski definition) is 3. The minimum Gasteiger partial charge on any atom is -0.453 e. The number of halogens is 1. The van der Waals surface area contributed by atoms with Crippen LogP contribution in [0.1, 0.15) is 10.4 Å². The van der Waals surface area contributed by atoms with Gasteiger partial charge in [-0.3, -0.25) is 9.48 Å². The molecular formula is C11H9ClN2O2. The number of nitrogens with zero attached hydrogens (tertiary/aromatic N) is 2. The lowest BCUT2D eigenvalue weighted by Gasteiger charge is -2.05. The van der Waals surface area contributed by atoms with Crippen molar-refractivity contribution in [3.05, 3.63) is 41.2 Å². The van der Waals surface area contributed by atoms with E-state index in [1.807, 2.05) is 0 Å². The molecule has 0 radical (unpaired) electrons. The molecule has 0 saturated carbocycles. The van der Waals surface area contributed by atoms with Gasteiger partial charge in [0.25, 0.3) is 0 Å². The summed E-state index contributed by atoms with van der Waals surface area (Å²) in [5.74, 6) is 0.989. The van der Waals surface area contributed by atoms with Gasteiger partial charge in [0.1, 0.15) is 5.75 Å². The molecule has 0 amide bonds. The number of hydrogen-bond donors (Lipinski definition) is 0. The van der Waals surface area contributed by atoms with Crippen molar-refractivity contribution in [3.8, 4) is 11.5 Å². The molecule has 5 heteroatoms. The topological polar surface area (TPSA) is 44.1 Å². The summed E-state index contributed by atoms with van der Waals surface area (Å²) in [7, 11) is 1.78. The highest BCUT2D eigenvalue weighted by molar-refractivity contribution is 6.30. The zero-order valence-corrected chi connectivity index (χ0v) is 9.31. The second-order valence-electron chi connectivity index (χ2n) is 3.25. The molecule has 4 nitrogen and oxygen atoms in total. The maximum absolute atomic E-state index is 10.8. The Labute approximate surface area is 97.4 Å². The van der Waals surface area contributed by atoms with E-state index in [-0.39, 0.29) is 0 Å². The largest absolute Gasteiger partial charge is 0.453 e. The van der Waals surface area contributed by atoms with E-state index in [2.05, 4.69) is 5.10 Å². The highest BCUT2D eigenvalue weighted by Crippen LogP contribution is 2.26. The van der Waals surface area contributed by atoms with Crippen LogP contribution in [0.4, 0.5) is 0 Å². The van der Waals surface area contributed by atoms with Gasteiger partial charge in [-0.25, -0.2) is 0 Å². The van der Waals surface area contributed by atoms with Crippen LogP contribution in [0.25, 0.3) is 0 Å². The Hall–Kier alpha value is -1.81. The van der Waals surface area contributed by atoms with Crippen molar-refractivity contribution in [3.63, 3.8) is 0 Å². The Morgan fingerprint density at radius 1 is 1.50 bits per heavy atom. The van der Waals surface area contributed by atoms with Crippen LogP contribution in [0.3, 0.4) is 0 Å². The summed E-state index contributed by atoms with van der Waals surface area (Å²) in [6.45, 7) is 0. The molecule has 0 aliphatic carbocycles. The fourth-order valence-electron chi connectivity index (χ4n) is 1.27. The Morgan fingerprint density at radius 3 is 2.94 bits per heavy atom. The van der Waals surface area contributed by atoms with Crippen LogP contribution in [-0.2, 0) is 7.05 Å². The number of rotatable bonds is 3. The second kappa shape index (κ2) is 4.37. The molecule has 0 spiro atoms. The molecule has 1 aromatic heterocycles. The van der Waals surface area contributed by atoms with Crippen LogP contribution in [0.15, 0.2) is 30.6 Å². The monoisotopic (exact) mass is 236 g/mol. The first-order chi connectivity index (χ1) is 7.69. The van der Waals surface area contributed by atoms with Crippen LogP contribution in [0.2, 0.25) is 5.02 Å². The SMILES string of the molecule is Cn1cc(Oc2cc(Cl)ccc2C=O)cn1. The maximum Gasteiger partial charge on any atom is 0.165 e. The molecule has 82 valence electrons. The summed E-state index contributed by atoms with van der Waals surface area (Å²) in [5, 5.41) is 4.48. The van der Waals surface area contributed by atoms with E-state index in [0.29, 0.717) is 22.1 Å². The van der Waals surface area contributed by atoms with Gasteiger partial charge in [-0.2, -0.15) is 5.10 Å². The quantitative estimate of drug-likeness (QED) is 0.770. The predicted molar refractivity (Wildman–Crippen MR) is 60.1 cm³/mol. The second-order valence-corrected chi connectivity index (χ2v) is 3.69. The van der Waals surface area contributed by atoms with Crippen molar-refractivity contribution < 1.29 is 9.53 Å². The molecular weight excluding hydrogens is 228 g/mol. The molecule has 16 heavy (non-hydrogen) atoms. The number of carbonyl (C=O) groups excluding carboxylic acids is 1. The summed E-state index contributed by atoms with van der Waals surface area (Å²) in [6, 6.07) is 4.85. The summed E-state index contributed by atoms with van der Waals surface area (Å²) in [5.41, 5.74) is 0.452. The number of aldehydes is 1. The van der Waals surface area contributed by atoms with Crippen molar-refractivity contribution in [2.45, 2.75) is 0 Å². The van der Waals surface area contributed by atoms with E-state index in [0.717, 1.165) is 6.29 Å². The van der Waals surface area contributed by atoms with E-state index < -0.39 is 0 Å². The van der Waals surface area contributed by atoms with E-state index in [4.69, 9.17) is 16.3 Å². The summed E-state index contributed by atoms with van der Waals surface area (Å²) >= 11 is 5.83. The summed E-state index contributed by atoms with van der Waals surface area (Å²) in [4.78, 5) is 10.8. The van der Waals surface area contributed by atoms with Crippen molar-refractivity contribution in [1.29, 1.82) is 0 Å². The normalized spacial score (nSPS) is 10.1. The highest BCUT2D eigenvalue weighted by Gasteiger charge is 2.06. The zero-order valence-electron chi connectivity index (χ0n) is 8.55. The number of aryl methyl sites for hydroxylation is 1. The van der Waals surface area contributed by atoms with Gasteiger partial charge in [-0.15, -0.1) is 0 Å². The third-order valence-corrected chi connectivity index (χ3v) is 2.25. The maximum atomic E-state index is 10.8. The molecule has 0 unspecified atom stereocenters. The van der Waals surface area contributed by atoms with Gasteiger partial charge in [0, 0.05) is 18.1 Å². The van der Waals surface area contributed by atoms with Crippen LogP contribution in [-0.4, -0.2) is 16.1 Å². The van der Waals surface area contributed by atoms with Gasteiger partial charge in [-0.05, 0) is 12.1 Å². The van der Waals surface area contributed by atoms with Crippen molar-refractivity contribution in [1.82, 2.24) is 9.78 Å². The van der Waals surface area contributed by atoms with E-state index in [9.17, 15) is 4.79 Å². The summed E-state index contributed by atoms with van der Waals surface area (Å²) in [6.07, 6.45) is 3.99. The Morgan fingerprint density at radius 2 is 2.31 bits per heavy atom. The number of aromatic nitrogens is 2. The third-order valence-electron chi connectivity index (χ3n) is 2.01. The average Bonchev–Trinajstić information content (AvgIpc) is 2.64. The highest BCUT2D eigenvalue weighted by atomic mass is 35.5. The minimum absolute atomic E-state index is 0.426. The molecule has 1 aromatic carbocycles. The van der Waals surface area contributed by atoms with Crippen LogP contribution in [0.5, 0.6) is 11.5 Å². The fraction of sp³-hybridized carbons (Fsp3) is 0.0909. The molecule has 0 bridgehead atoms. The van der Waals surface area contributed by atoms with Crippen LogP contribution >= 0.6 is 11.6 Å². The standard InChI is InChI=1S/C11H9ClN2O2/c1-14-6-10(5-13-14)16-11-4-9(12)3-2-8(11)7-15/h2-7H,1H3. The van der Waals surface area contributed by atoms with Crippen LogP contribution in [0, 0.1) is 0 Å². The zero-order chi connectivity index (χ0) is 11.5. The lowest BCUT2D eigenvalue weighted by atomic mass is 10.2. The van der Waals surface area contributed by atoms with E-state index >= 15 is 0 Å². The molecule has 0 atom stereocenters. The van der Waals surface area contributed by atoms with Gasteiger partial charge >= 0.3 is 0 Å². The number of ether oxygens (including phenoxy) is 1. The van der Waals surface area contributed by atoms with Gasteiger partial charge in [0.15, 0.2) is 12.0 Å². The molecule has 0 N–H and O–H groups in total. The Kier molecular flexibility index (Phi) is 2.92. The molecule has 1 heterocycles. The molecule has 0 saturated heterocycles. The number of carbonyl (C=O) groups is 1. The average molecular weight is 237 g/mol. The molecule has 2 aromatic rings. The molecule has 0 aliphatic rings. The first-order valence-corrected chi connectivity index (χ1v) is 4.98. The summed E-state index contributed by atoms with van der Waals surface area (Å²) < 4.78 is 7.11. The van der Waals surface area contributed by atoms with E-state index in [1.165, 1.54) is 0 Å². The van der Waals surface area contributed by atoms with Gasteiger partial charge in [-0.1, -0.05) is 11.6 Å². The van der Waals surface area contributed by atoms with Gasteiger partial charge in [0.2, 0.25) is 0 Å². The lowest BCUT2D eigenvalue weighted by molar-refractivity contribution is 0.112. The third kappa shape index (κ3) is 2.23. The lowest BCUT2D eigenvalue weighted by Crippen LogP contribution is -1.89. The van der Waals surface area contributed by atoms with Crippen molar-refractivity contribution in [2.75, 3.05) is 0 Å². The first-order valence-electron chi connectivity index (χ1n) is 4.60. The smallest absolute Gasteiger partial charge is 0.165 e. The molecule has 0 fully saturated rings. The van der Waals surface area contributed by atoms with Crippen LogP contribution < -0.4 is 4.74 Å². The minimum atomic E-state index is 0.426. The number of benzene rings is 1. The van der Waals surface area contributed by atoms with E-state index in [1.54, 1.807) is 42.3 Å².